The average Bonchev–Trinajstić information content (AvgIpc) is 1.86. The molecule has 0 radical (unpaired) electrons. The number of methoxy groups -OCH3 is 1. The van der Waals surface area contributed by atoms with Crippen LogP contribution in [0.3, 0.4) is 0 Å². The van der Waals surface area contributed by atoms with Crippen LogP contribution in [0.15, 0.2) is 12.2 Å². The SMILES string of the molecule is C#CC(C)(OC)C(=C)C. The van der Waals surface area contributed by atoms with Gasteiger partial charge in [0.15, 0.2) is 0 Å². The first-order valence-corrected chi connectivity index (χ1v) is 2.75. The summed E-state index contributed by atoms with van der Waals surface area (Å²) in [4.78, 5) is 0. The van der Waals surface area contributed by atoms with Gasteiger partial charge in [0.25, 0.3) is 0 Å². The van der Waals surface area contributed by atoms with E-state index in [0.717, 1.165) is 5.57 Å². The molecule has 0 bridgehead atoms. The summed E-state index contributed by atoms with van der Waals surface area (Å²) in [5.74, 6) is 2.51. The fraction of sp³-hybridized carbons (Fsp3) is 0.500. The third-order valence-corrected chi connectivity index (χ3v) is 1.50. The van der Waals surface area contributed by atoms with Crippen LogP contribution in [0.2, 0.25) is 0 Å². The zero-order valence-electron chi connectivity index (χ0n) is 6.19. The van der Waals surface area contributed by atoms with Gasteiger partial charge in [0, 0.05) is 7.11 Å². The molecule has 0 amide bonds. The van der Waals surface area contributed by atoms with Gasteiger partial charge >= 0.3 is 0 Å². The zero-order valence-corrected chi connectivity index (χ0v) is 6.19. The maximum Gasteiger partial charge on any atom is 0.146 e. The van der Waals surface area contributed by atoms with Gasteiger partial charge < -0.3 is 4.74 Å². The second kappa shape index (κ2) is 2.70. The molecule has 0 saturated carbocycles. The molecule has 0 aliphatic carbocycles. The van der Waals surface area contributed by atoms with Crippen LogP contribution < -0.4 is 0 Å². The molecule has 0 rings (SSSR count). The third kappa shape index (κ3) is 1.58. The quantitative estimate of drug-likeness (QED) is 0.401. The number of hydrogen-bond acceptors (Lipinski definition) is 1. The Morgan fingerprint density at radius 3 is 2.22 bits per heavy atom. The molecule has 9 heavy (non-hydrogen) atoms. The van der Waals surface area contributed by atoms with Gasteiger partial charge in [0.05, 0.1) is 0 Å². The van der Waals surface area contributed by atoms with Gasteiger partial charge in [0.1, 0.15) is 5.60 Å². The Labute approximate surface area is 56.7 Å². The summed E-state index contributed by atoms with van der Waals surface area (Å²) in [7, 11) is 1.58. The lowest BCUT2D eigenvalue weighted by atomic mass is 10.0. The average molecular weight is 124 g/mol. The largest absolute Gasteiger partial charge is 0.362 e. The van der Waals surface area contributed by atoms with Gasteiger partial charge in [-0.3, -0.25) is 0 Å². The van der Waals surface area contributed by atoms with Crippen molar-refractivity contribution in [3.8, 4) is 12.3 Å². The van der Waals surface area contributed by atoms with E-state index >= 15 is 0 Å². The molecule has 0 spiro atoms. The van der Waals surface area contributed by atoms with Crippen LogP contribution in [0.5, 0.6) is 0 Å². The summed E-state index contributed by atoms with van der Waals surface area (Å²) in [6.07, 6.45) is 5.18. The Balaban J connectivity index is 4.33. The molecule has 0 aromatic rings. The molecule has 1 unspecified atom stereocenters. The minimum absolute atomic E-state index is 0.583. The van der Waals surface area contributed by atoms with E-state index in [-0.39, 0.29) is 0 Å². The summed E-state index contributed by atoms with van der Waals surface area (Å²) in [5, 5.41) is 0. The number of rotatable bonds is 2. The van der Waals surface area contributed by atoms with Gasteiger partial charge in [-0.25, -0.2) is 0 Å². The predicted molar refractivity (Wildman–Crippen MR) is 39.1 cm³/mol. The van der Waals surface area contributed by atoms with E-state index in [4.69, 9.17) is 11.2 Å². The highest BCUT2D eigenvalue weighted by Gasteiger charge is 2.19. The molecule has 0 aliphatic rings. The Kier molecular flexibility index (Phi) is 2.48. The van der Waals surface area contributed by atoms with Crippen molar-refractivity contribution < 1.29 is 4.74 Å². The molecule has 0 saturated heterocycles. The molecule has 0 N–H and O–H groups in total. The standard InChI is InChI=1S/C8H12O/c1-6-8(4,9-5)7(2)3/h1H,2H2,3-5H3. The van der Waals surface area contributed by atoms with Crippen molar-refractivity contribution in [2.45, 2.75) is 19.4 Å². The maximum absolute atomic E-state index is 5.18. The molecule has 0 aliphatic heterocycles. The van der Waals surface area contributed by atoms with Crippen molar-refractivity contribution >= 4 is 0 Å². The van der Waals surface area contributed by atoms with Crippen molar-refractivity contribution in [2.24, 2.45) is 0 Å². The minimum atomic E-state index is -0.583. The van der Waals surface area contributed by atoms with E-state index in [1.54, 1.807) is 7.11 Å². The molecule has 0 heterocycles. The van der Waals surface area contributed by atoms with E-state index in [9.17, 15) is 0 Å². The first-order chi connectivity index (χ1) is 4.06. The van der Waals surface area contributed by atoms with Gasteiger partial charge in [0.2, 0.25) is 0 Å². The highest BCUT2D eigenvalue weighted by atomic mass is 16.5. The Hall–Kier alpha value is -0.740. The highest BCUT2D eigenvalue weighted by molar-refractivity contribution is 5.23. The van der Waals surface area contributed by atoms with Crippen LogP contribution in [0.25, 0.3) is 0 Å². The molecule has 50 valence electrons. The van der Waals surface area contributed by atoms with Gasteiger partial charge in [-0.1, -0.05) is 12.5 Å². The molecular weight excluding hydrogens is 112 g/mol. The first kappa shape index (κ1) is 8.26. The van der Waals surface area contributed by atoms with Crippen LogP contribution in [0, 0.1) is 12.3 Å². The Morgan fingerprint density at radius 2 is 2.22 bits per heavy atom. The molecule has 1 heteroatoms. The van der Waals surface area contributed by atoms with Crippen molar-refractivity contribution in [2.75, 3.05) is 7.11 Å². The molecule has 0 aromatic heterocycles. The van der Waals surface area contributed by atoms with E-state index in [1.807, 2.05) is 13.8 Å². The summed E-state index contributed by atoms with van der Waals surface area (Å²) in [6, 6.07) is 0. The van der Waals surface area contributed by atoms with Gasteiger partial charge in [-0.2, -0.15) is 0 Å². The lowest BCUT2D eigenvalue weighted by molar-refractivity contribution is 0.0893. The van der Waals surface area contributed by atoms with Crippen molar-refractivity contribution in [3.05, 3.63) is 12.2 Å². The van der Waals surface area contributed by atoms with Gasteiger partial charge in [-0.15, -0.1) is 6.42 Å². The normalized spacial score (nSPS) is 15.8. The second-order valence-corrected chi connectivity index (χ2v) is 2.16. The molecule has 1 nitrogen and oxygen atoms in total. The van der Waals surface area contributed by atoms with Crippen LogP contribution in [0.1, 0.15) is 13.8 Å². The summed E-state index contributed by atoms with van der Waals surface area (Å²) in [5.41, 5.74) is 0.271. The van der Waals surface area contributed by atoms with Gasteiger partial charge in [-0.05, 0) is 19.4 Å². The fourth-order valence-corrected chi connectivity index (χ4v) is 0.356. The predicted octanol–water partition coefficient (Wildman–Crippen LogP) is 1.60. The van der Waals surface area contributed by atoms with E-state index in [1.165, 1.54) is 0 Å². The molecule has 0 fully saturated rings. The fourth-order valence-electron chi connectivity index (χ4n) is 0.356. The van der Waals surface area contributed by atoms with E-state index in [0.29, 0.717) is 0 Å². The zero-order chi connectivity index (χ0) is 7.49. The van der Waals surface area contributed by atoms with E-state index in [2.05, 4.69) is 12.5 Å². The van der Waals surface area contributed by atoms with Crippen molar-refractivity contribution in [3.63, 3.8) is 0 Å². The third-order valence-electron chi connectivity index (χ3n) is 1.50. The van der Waals surface area contributed by atoms with Crippen LogP contribution in [-0.2, 0) is 4.74 Å². The Morgan fingerprint density at radius 1 is 1.78 bits per heavy atom. The van der Waals surface area contributed by atoms with E-state index < -0.39 is 5.60 Å². The topological polar surface area (TPSA) is 9.23 Å². The van der Waals surface area contributed by atoms with Crippen LogP contribution in [0.4, 0.5) is 0 Å². The Bertz CT molecular complexity index is 152. The second-order valence-electron chi connectivity index (χ2n) is 2.16. The molecular formula is C8H12O. The lowest BCUT2D eigenvalue weighted by Gasteiger charge is -2.21. The summed E-state index contributed by atoms with van der Waals surface area (Å²) < 4.78 is 5.01. The number of terminal acetylenes is 1. The van der Waals surface area contributed by atoms with Crippen molar-refractivity contribution in [1.82, 2.24) is 0 Å². The molecule has 1 atom stereocenters. The van der Waals surface area contributed by atoms with Crippen molar-refractivity contribution in [1.29, 1.82) is 0 Å². The van der Waals surface area contributed by atoms with Crippen LogP contribution >= 0.6 is 0 Å². The number of ether oxygens (including phenoxy) is 1. The lowest BCUT2D eigenvalue weighted by Crippen LogP contribution is -2.25. The number of hydrogen-bond donors (Lipinski definition) is 0. The summed E-state index contributed by atoms with van der Waals surface area (Å²) in [6.45, 7) is 7.37. The molecule has 0 aromatic carbocycles. The van der Waals surface area contributed by atoms with Crippen LogP contribution in [-0.4, -0.2) is 12.7 Å². The first-order valence-electron chi connectivity index (χ1n) is 2.75. The maximum atomic E-state index is 5.18. The summed E-state index contributed by atoms with van der Waals surface area (Å²) >= 11 is 0. The highest BCUT2D eigenvalue weighted by Crippen LogP contribution is 2.16. The smallest absolute Gasteiger partial charge is 0.146 e. The minimum Gasteiger partial charge on any atom is -0.362 e. The monoisotopic (exact) mass is 124 g/mol.